The summed E-state index contributed by atoms with van der Waals surface area (Å²) in [5, 5.41) is 9.51. The van der Waals surface area contributed by atoms with Crippen LogP contribution >= 0.6 is 0 Å². The minimum Gasteiger partial charge on any atom is -0.481 e. The van der Waals surface area contributed by atoms with Crippen molar-refractivity contribution in [2.75, 3.05) is 0 Å². The lowest BCUT2D eigenvalue weighted by atomic mass is 10.1. The number of carbonyl (C=O) groups excluding carboxylic acids is 1. The number of nitrogens with zero attached hydrogens (tertiary/aromatic N) is 1. The van der Waals surface area contributed by atoms with Crippen LogP contribution in [0.25, 0.3) is 17.0 Å². The molecule has 22 heavy (non-hydrogen) atoms. The van der Waals surface area contributed by atoms with Gasteiger partial charge in [0.05, 0.1) is 11.9 Å². The van der Waals surface area contributed by atoms with Gasteiger partial charge in [-0.1, -0.05) is 18.2 Å². The number of ether oxygens (including phenoxy) is 1. The van der Waals surface area contributed by atoms with Gasteiger partial charge >= 0.3 is 12.1 Å². The van der Waals surface area contributed by atoms with Gasteiger partial charge in [0.2, 0.25) is 0 Å². The van der Waals surface area contributed by atoms with E-state index in [1.807, 2.05) is 45.0 Å². The minimum atomic E-state index is -0.867. The number of rotatable bonds is 3. The number of carbonyl (C=O) groups is 2. The summed E-state index contributed by atoms with van der Waals surface area (Å²) in [6.07, 6.45) is 4.57. The van der Waals surface area contributed by atoms with Crippen LogP contribution in [0.1, 0.15) is 32.8 Å². The Balaban J connectivity index is 2.25. The van der Waals surface area contributed by atoms with Crippen molar-refractivity contribution in [1.82, 2.24) is 4.57 Å². The van der Waals surface area contributed by atoms with E-state index < -0.39 is 17.7 Å². The Bertz CT molecular complexity index is 735. The summed E-state index contributed by atoms with van der Waals surface area (Å²) in [6.45, 7) is 5.46. The van der Waals surface area contributed by atoms with Crippen molar-refractivity contribution in [3.05, 3.63) is 42.1 Å². The summed E-state index contributed by atoms with van der Waals surface area (Å²) in [5.74, 6) is -0.867. The smallest absolute Gasteiger partial charge is 0.418 e. The van der Waals surface area contributed by atoms with Gasteiger partial charge in [-0.15, -0.1) is 0 Å². The molecule has 5 heteroatoms. The monoisotopic (exact) mass is 301 g/mol. The summed E-state index contributed by atoms with van der Waals surface area (Å²) < 4.78 is 6.82. The van der Waals surface area contributed by atoms with E-state index in [4.69, 9.17) is 9.84 Å². The zero-order valence-corrected chi connectivity index (χ0v) is 12.9. The fraction of sp³-hybridized carbons (Fsp3) is 0.294. The van der Waals surface area contributed by atoms with Crippen LogP contribution in [0.15, 0.2) is 36.5 Å². The van der Waals surface area contributed by atoms with Crippen LogP contribution in [0.2, 0.25) is 0 Å². The second-order valence-corrected chi connectivity index (χ2v) is 5.98. The second kappa shape index (κ2) is 6.05. The number of carboxylic acids is 1. The largest absolute Gasteiger partial charge is 0.481 e. The van der Waals surface area contributed by atoms with Crippen molar-refractivity contribution in [3.8, 4) is 0 Å². The fourth-order valence-electron chi connectivity index (χ4n) is 2.03. The normalized spacial score (nSPS) is 12.0. The maximum atomic E-state index is 12.1. The molecule has 0 atom stereocenters. The number of aromatic nitrogens is 1. The Labute approximate surface area is 128 Å². The highest BCUT2D eigenvalue weighted by atomic mass is 16.6. The van der Waals surface area contributed by atoms with Gasteiger partial charge in [-0.25, -0.2) is 4.79 Å². The van der Waals surface area contributed by atoms with Gasteiger partial charge in [0.15, 0.2) is 0 Å². The van der Waals surface area contributed by atoms with E-state index in [-0.39, 0.29) is 6.42 Å². The maximum absolute atomic E-state index is 12.1. The molecule has 1 heterocycles. The lowest BCUT2D eigenvalue weighted by Crippen LogP contribution is -2.26. The highest BCUT2D eigenvalue weighted by molar-refractivity contribution is 5.90. The Hall–Kier alpha value is -2.56. The lowest BCUT2D eigenvalue weighted by molar-refractivity contribution is -0.135. The number of aliphatic carboxylic acids is 1. The van der Waals surface area contributed by atoms with E-state index >= 15 is 0 Å². The first-order chi connectivity index (χ1) is 10.3. The number of fused-ring (bicyclic) bond motifs is 1. The average molecular weight is 301 g/mol. The van der Waals surface area contributed by atoms with E-state index in [9.17, 15) is 9.59 Å². The van der Waals surface area contributed by atoms with Crippen LogP contribution in [-0.2, 0) is 9.53 Å². The SMILES string of the molecule is CC(C)(C)OC(=O)n1ccc2cc(C=CCC(=O)O)ccc21. The van der Waals surface area contributed by atoms with Crippen molar-refractivity contribution >= 4 is 29.0 Å². The number of hydrogen-bond donors (Lipinski definition) is 1. The first-order valence-electron chi connectivity index (χ1n) is 6.99. The van der Waals surface area contributed by atoms with Crippen LogP contribution in [0.3, 0.4) is 0 Å². The topological polar surface area (TPSA) is 68.5 Å². The van der Waals surface area contributed by atoms with E-state index in [1.54, 1.807) is 18.3 Å². The quantitative estimate of drug-likeness (QED) is 0.933. The summed E-state index contributed by atoms with van der Waals surface area (Å²) in [6, 6.07) is 7.38. The molecule has 0 radical (unpaired) electrons. The third-order valence-electron chi connectivity index (χ3n) is 2.91. The van der Waals surface area contributed by atoms with E-state index in [2.05, 4.69) is 0 Å². The van der Waals surface area contributed by atoms with Crippen molar-refractivity contribution < 1.29 is 19.4 Å². The van der Waals surface area contributed by atoms with Gasteiger partial charge in [0.1, 0.15) is 5.60 Å². The van der Waals surface area contributed by atoms with Crippen molar-refractivity contribution in [2.24, 2.45) is 0 Å². The highest BCUT2D eigenvalue weighted by Crippen LogP contribution is 2.20. The van der Waals surface area contributed by atoms with Crippen LogP contribution in [0.5, 0.6) is 0 Å². The predicted octanol–water partition coefficient (Wildman–Crippen LogP) is 3.91. The molecule has 2 aromatic rings. The zero-order valence-electron chi connectivity index (χ0n) is 12.9. The van der Waals surface area contributed by atoms with Crippen LogP contribution in [0.4, 0.5) is 4.79 Å². The van der Waals surface area contributed by atoms with Gasteiger partial charge in [0.25, 0.3) is 0 Å². The van der Waals surface area contributed by atoms with Crippen LogP contribution < -0.4 is 0 Å². The molecule has 0 aliphatic rings. The Morgan fingerprint density at radius 1 is 1.27 bits per heavy atom. The van der Waals surface area contributed by atoms with Gasteiger partial charge in [-0.3, -0.25) is 9.36 Å². The van der Waals surface area contributed by atoms with Gasteiger partial charge < -0.3 is 9.84 Å². The molecule has 0 aliphatic carbocycles. The Kier molecular flexibility index (Phi) is 4.35. The summed E-state index contributed by atoms with van der Waals surface area (Å²) in [5.41, 5.74) is 1.09. The third kappa shape index (κ3) is 3.97. The van der Waals surface area contributed by atoms with Crippen LogP contribution in [-0.4, -0.2) is 27.3 Å². The number of benzene rings is 1. The Morgan fingerprint density at radius 3 is 2.64 bits per heavy atom. The summed E-state index contributed by atoms with van der Waals surface area (Å²) in [7, 11) is 0. The number of carboxylic acid groups (broad SMARTS) is 1. The molecule has 1 aromatic heterocycles. The highest BCUT2D eigenvalue weighted by Gasteiger charge is 2.18. The third-order valence-corrected chi connectivity index (χ3v) is 2.91. The maximum Gasteiger partial charge on any atom is 0.418 e. The summed E-state index contributed by atoms with van der Waals surface area (Å²) >= 11 is 0. The minimum absolute atomic E-state index is 0.0169. The van der Waals surface area contributed by atoms with Crippen molar-refractivity contribution in [1.29, 1.82) is 0 Å². The van der Waals surface area contributed by atoms with E-state index in [0.29, 0.717) is 0 Å². The fourth-order valence-corrected chi connectivity index (χ4v) is 2.03. The summed E-state index contributed by atoms with van der Waals surface area (Å²) in [4.78, 5) is 22.6. The molecule has 0 fully saturated rings. The van der Waals surface area contributed by atoms with Gasteiger partial charge in [-0.2, -0.15) is 0 Å². The first kappa shape index (κ1) is 15.8. The molecule has 0 saturated heterocycles. The molecular weight excluding hydrogens is 282 g/mol. The molecule has 0 unspecified atom stereocenters. The molecule has 5 nitrogen and oxygen atoms in total. The molecule has 0 bridgehead atoms. The molecule has 0 spiro atoms. The van der Waals surface area contributed by atoms with Gasteiger partial charge in [0, 0.05) is 11.6 Å². The van der Waals surface area contributed by atoms with Gasteiger partial charge in [-0.05, 0) is 44.5 Å². The van der Waals surface area contributed by atoms with Crippen LogP contribution in [0, 0.1) is 0 Å². The Morgan fingerprint density at radius 2 is 2.00 bits per heavy atom. The molecular formula is C17H19NO4. The van der Waals surface area contributed by atoms with E-state index in [0.717, 1.165) is 16.5 Å². The average Bonchev–Trinajstić information content (AvgIpc) is 2.79. The zero-order chi connectivity index (χ0) is 16.3. The molecule has 1 aromatic carbocycles. The first-order valence-corrected chi connectivity index (χ1v) is 6.99. The van der Waals surface area contributed by atoms with E-state index in [1.165, 1.54) is 4.57 Å². The predicted molar refractivity (Wildman–Crippen MR) is 84.9 cm³/mol. The lowest BCUT2D eigenvalue weighted by Gasteiger charge is -2.19. The van der Waals surface area contributed by atoms with Crippen molar-refractivity contribution in [3.63, 3.8) is 0 Å². The molecule has 0 saturated carbocycles. The number of hydrogen-bond acceptors (Lipinski definition) is 3. The van der Waals surface area contributed by atoms with Crippen molar-refractivity contribution in [2.45, 2.75) is 32.8 Å². The molecule has 116 valence electrons. The molecule has 2 rings (SSSR count). The molecule has 0 aliphatic heterocycles. The standard InChI is InChI=1S/C17H19NO4/c1-17(2,3)22-16(21)18-10-9-13-11-12(7-8-14(13)18)5-4-6-15(19)20/h4-5,7-11H,6H2,1-3H3,(H,19,20). The second-order valence-electron chi connectivity index (χ2n) is 5.98. The molecule has 0 amide bonds. The molecule has 1 N–H and O–H groups in total.